The van der Waals surface area contributed by atoms with Gasteiger partial charge in [-0.25, -0.2) is 0 Å². The molecular weight excluding hydrogens is 396 g/mol. The average molecular weight is 408 g/mol. The summed E-state index contributed by atoms with van der Waals surface area (Å²) in [7, 11) is 1.41. The number of nitriles is 1. The minimum Gasteiger partial charge on any atom is -0.504 e. The summed E-state index contributed by atoms with van der Waals surface area (Å²) in [5.41, 5.74) is 0.617. The standard InChI is InChI=1S/C17H12BrClN2O3/c1-24-15-8-12(18)7-10(16(15)22)6-11(9-20)17(23)21-14-4-2-13(19)3-5-14/h2-8,22H,1H3,(H,21,23)/b11-6+. The van der Waals surface area contributed by atoms with Gasteiger partial charge in [0, 0.05) is 20.7 Å². The zero-order valence-electron chi connectivity index (χ0n) is 12.5. The van der Waals surface area contributed by atoms with Crippen molar-refractivity contribution in [2.45, 2.75) is 0 Å². The van der Waals surface area contributed by atoms with Crippen LogP contribution in [0.3, 0.4) is 0 Å². The van der Waals surface area contributed by atoms with Crippen molar-refractivity contribution in [3.05, 3.63) is 57.0 Å². The fraction of sp³-hybridized carbons (Fsp3) is 0.0588. The summed E-state index contributed by atoms with van der Waals surface area (Å²) >= 11 is 9.07. The van der Waals surface area contributed by atoms with Gasteiger partial charge in [0.05, 0.1) is 7.11 Å². The zero-order valence-corrected chi connectivity index (χ0v) is 14.9. The molecule has 0 aliphatic rings. The van der Waals surface area contributed by atoms with Gasteiger partial charge in [0.15, 0.2) is 11.5 Å². The van der Waals surface area contributed by atoms with Gasteiger partial charge >= 0.3 is 0 Å². The summed E-state index contributed by atoms with van der Waals surface area (Å²) < 4.78 is 5.68. The van der Waals surface area contributed by atoms with Crippen molar-refractivity contribution in [1.29, 1.82) is 5.26 Å². The number of methoxy groups -OCH3 is 1. The highest BCUT2D eigenvalue weighted by Gasteiger charge is 2.13. The third-order valence-electron chi connectivity index (χ3n) is 3.06. The molecule has 5 nitrogen and oxygen atoms in total. The van der Waals surface area contributed by atoms with Crippen LogP contribution in [-0.4, -0.2) is 18.1 Å². The highest BCUT2D eigenvalue weighted by atomic mass is 79.9. The molecule has 0 atom stereocenters. The van der Waals surface area contributed by atoms with E-state index in [1.54, 1.807) is 36.4 Å². The molecule has 0 saturated carbocycles. The van der Waals surface area contributed by atoms with Crippen molar-refractivity contribution in [1.82, 2.24) is 0 Å². The van der Waals surface area contributed by atoms with Crippen molar-refractivity contribution >= 4 is 45.2 Å². The fourth-order valence-electron chi connectivity index (χ4n) is 1.90. The second-order valence-electron chi connectivity index (χ2n) is 4.68. The highest BCUT2D eigenvalue weighted by Crippen LogP contribution is 2.34. The lowest BCUT2D eigenvalue weighted by Crippen LogP contribution is -2.13. The summed E-state index contributed by atoms with van der Waals surface area (Å²) in [6.07, 6.45) is 1.29. The summed E-state index contributed by atoms with van der Waals surface area (Å²) in [6, 6.07) is 11.5. The Morgan fingerprint density at radius 1 is 1.38 bits per heavy atom. The maximum atomic E-state index is 12.2. The van der Waals surface area contributed by atoms with E-state index in [0.29, 0.717) is 15.2 Å². The lowest BCUT2D eigenvalue weighted by molar-refractivity contribution is -0.112. The molecule has 1 amide bonds. The van der Waals surface area contributed by atoms with Gasteiger partial charge in [-0.2, -0.15) is 5.26 Å². The average Bonchev–Trinajstić information content (AvgIpc) is 2.57. The Morgan fingerprint density at radius 3 is 2.62 bits per heavy atom. The molecule has 0 radical (unpaired) electrons. The molecule has 7 heteroatoms. The van der Waals surface area contributed by atoms with Gasteiger partial charge in [-0.3, -0.25) is 4.79 Å². The number of halogens is 2. The van der Waals surface area contributed by atoms with Crippen molar-refractivity contribution in [2.75, 3.05) is 12.4 Å². The van der Waals surface area contributed by atoms with E-state index in [-0.39, 0.29) is 22.6 Å². The van der Waals surface area contributed by atoms with E-state index in [2.05, 4.69) is 21.2 Å². The smallest absolute Gasteiger partial charge is 0.266 e. The number of rotatable bonds is 4. The molecule has 0 saturated heterocycles. The predicted molar refractivity (Wildman–Crippen MR) is 96.0 cm³/mol. The molecule has 2 N–H and O–H groups in total. The lowest BCUT2D eigenvalue weighted by Gasteiger charge is -2.08. The number of aromatic hydroxyl groups is 1. The van der Waals surface area contributed by atoms with Gasteiger partial charge < -0.3 is 15.2 Å². The number of phenolic OH excluding ortho intramolecular Hbond substituents is 1. The molecule has 2 aromatic carbocycles. The molecule has 24 heavy (non-hydrogen) atoms. The summed E-state index contributed by atoms with van der Waals surface area (Å²) in [6.45, 7) is 0. The minimum atomic E-state index is -0.599. The van der Waals surface area contributed by atoms with Crippen LogP contribution in [0.1, 0.15) is 5.56 Å². The van der Waals surface area contributed by atoms with Crippen LogP contribution in [0, 0.1) is 11.3 Å². The number of carbonyl (C=O) groups excluding carboxylic acids is 1. The molecule has 0 spiro atoms. The maximum absolute atomic E-state index is 12.2. The number of phenols is 1. The molecule has 0 unspecified atom stereocenters. The largest absolute Gasteiger partial charge is 0.504 e. The maximum Gasteiger partial charge on any atom is 0.266 e. The van der Waals surface area contributed by atoms with Crippen LogP contribution < -0.4 is 10.1 Å². The van der Waals surface area contributed by atoms with Crippen LogP contribution in [0.25, 0.3) is 6.08 Å². The molecule has 0 aliphatic carbocycles. The Labute approximate surface area is 152 Å². The lowest BCUT2D eigenvalue weighted by atomic mass is 10.1. The van der Waals surface area contributed by atoms with E-state index >= 15 is 0 Å². The summed E-state index contributed by atoms with van der Waals surface area (Å²) in [5, 5.41) is 22.5. The quantitative estimate of drug-likeness (QED) is 0.583. The molecule has 122 valence electrons. The highest BCUT2D eigenvalue weighted by molar-refractivity contribution is 9.10. The van der Waals surface area contributed by atoms with Crippen LogP contribution >= 0.6 is 27.5 Å². The number of carbonyl (C=O) groups is 1. The van der Waals surface area contributed by atoms with Gasteiger partial charge in [0.25, 0.3) is 5.91 Å². The van der Waals surface area contributed by atoms with Crippen molar-refractivity contribution < 1.29 is 14.6 Å². The first kappa shape index (κ1) is 17.9. The first-order valence-electron chi connectivity index (χ1n) is 6.70. The van der Waals surface area contributed by atoms with Crippen LogP contribution in [-0.2, 0) is 4.79 Å². The Bertz CT molecular complexity index is 842. The van der Waals surface area contributed by atoms with Crippen molar-refractivity contribution in [2.24, 2.45) is 0 Å². The Balaban J connectivity index is 2.32. The fourth-order valence-corrected chi connectivity index (χ4v) is 2.48. The van der Waals surface area contributed by atoms with Gasteiger partial charge in [-0.15, -0.1) is 0 Å². The predicted octanol–water partition coefficient (Wildman–Crippen LogP) is 4.36. The number of hydrogen-bond donors (Lipinski definition) is 2. The number of nitrogens with one attached hydrogen (secondary N) is 1. The van der Waals surface area contributed by atoms with Crippen LogP contribution in [0.15, 0.2) is 46.4 Å². The molecule has 0 aliphatic heterocycles. The van der Waals surface area contributed by atoms with E-state index in [0.717, 1.165) is 0 Å². The second-order valence-corrected chi connectivity index (χ2v) is 6.03. The normalized spacial score (nSPS) is 10.8. The first-order chi connectivity index (χ1) is 11.4. The molecule has 0 bridgehead atoms. The number of hydrogen-bond acceptors (Lipinski definition) is 4. The SMILES string of the molecule is COc1cc(Br)cc(/C=C(\C#N)C(=O)Nc2ccc(Cl)cc2)c1O. The van der Waals surface area contributed by atoms with Gasteiger partial charge in [-0.1, -0.05) is 27.5 Å². The topological polar surface area (TPSA) is 82.3 Å². The molecule has 0 heterocycles. The van der Waals surface area contributed by atoms with Crippen molar-refractivity contribution in [3.8, 4) is 17.6 Å². The van der Waals surface area contributed by atoms with E-state index in [4.69, 9.17) is 16.3 Å². The number of ether oxygens (including phenoxy) is 1. The number of amides is 1. The molecule has 0 fully saturated rings. The Morgan fingerprint density at radius 2 is 2.04 bits per heavy atom. The van der Waals surface area contributed by atoms with E-state index in [1.165, 1.54) is 13.2 Å². The van der Waals surface area contributed by atoms with Gasteiger partial charge in [-0.05, 0) is 42.5 Å². The zero-order chi connectivity index (χ0) is 17.7. The first-order valence-corrected chi connectivity index (χ1v) is 7.87. The summed E-state index contributed by atoms with van der Waals surface area (Å²) in [5.74, 6) is -0.531. The van der Waals surface area contributed by atoms with Gasteiger partial charge in [0.2, 0.25) is 0 Å². The van der Waals surface area contributed by atoms with Crippen molar-refractivity contribution in [3.63, 3.8) is 0 Å². The van der Waals surface area contributed by atoms with E-state index in [9.17, 15) is 15.2 Å². The Kier molecular flexibility index (Phi) is 5.85. The molecule has 0 aromatic heterocycles. The minimum absolute atomic E-state index is 0.159. The van der Waals surface area contributed by atoms with Gasteiger partial charge in [0.1, 0.15) is 11.6 Å². The third kappa shape index (κ3) is 4.28. The molecule has 2 rings (SSSR count). The van der Waals surface area contributed by atoms with E-state index in [1.807, 2.05) is 6.07 Å². The van der Waals surface area contributed by atoms with Crippen LogP contribution in [0.2, 0.25) is 5.02 Å². The number of nitrogens with zero attached hydrogens (tertiary/aromatic N) is 1. The number of benzene rings is 2. The van der Waals surface area contributed by atoms with E-state index < -0.39 is 5.91 Å². The summed E-state index contributed by atoms with van der Waals surface area (Å²) in [4.78, 5) is 12.2. The van der Waals surface area contributed by atoms with Crippen LogP contribution in [0.4, 0.5) is 5.69 Å². The third-order valence-corrected chi connectivity index (χ3v) is 3.77. The Hall–Kier alpha value is -2.49. The number of anilines is 1. The second kappa shape index (κ2) is 7.86. The molecular formula is C17H12BrClN2O3. The van der Waals surface area contributed by atoms with Crippen LogP contribution in [0.5, 0.6) is 11.5 Å². The molecule has 2 aromatic rings. The monoisotopic (exact) mass is 406 g/mol.